The summed E-state index contributed by atoms with van der Waals surface area (Å²) >= 11 is 0. The normalized spacial score (nSPS) is 10.8. The van der Waals surface area contributed by atoms with E-state index in [2.05, 4.69) is 50.2 Å². The summed E-state index contributed by atoms with van der Waals surface area (Å²) in [6, 6.07) is 16.8. The summed E-state index contributed by atoms with van der Waals surface area (Å²) in [6.07, 6.45) is 1.06. The third-order valence-corrected chi connectivity index (χ3v) is 3.85. The maximum Gasteiger partial charge on any atom is 0.121 e. The number of ether oxygens (including phenoxy) is 1. The van der Waals surface area contributed by atoms with Gasteiger partial charge in [-0.15, -0.1) is 0 Å². The molecule has 106 valence electrons. The van der Waals surface area contributed by atoms with Crippen molar-refractivity contribution in [1.29, 1.82) is 0 Å². The van der Waals surface area contributed by atoms with Crippen LogP contribution >= 0.6 is 0 Å². The third kappa shape index (κ3) is 2.62. The Morgan fingerprint density at radius 3 is 2.43 bits per heavy atom. The Labute approximate surface area is 125 Å². The molecule has 0 aliphatic rings. The van der Waals surface area contributed by atoms with Gasteiger partial charge in [0.1, 0.15) is 5.75 Å². The van der Waals surface area contributed by atoms with Crippen molar-refractivity contribution in [2.75, 3.05) is 7.11 Å². The lowest BCUT2D eigenvalue weighted by atomic mass is 10.0. The van der Waals surface area contributed by atoms with Gasteiger partial charge in [0.2, 0.25) is 0 Å². The monoisotopic (exact) mass is 277 g/mol. The SMILES string of the molecule is CCc1ccc(-c2nc3cc(OC)ccc3cc2C)cc1. The van der Waals surface area contributed by atoms with Crippen LogP contribution in [0.4, 0.5) is 0 Å². The summed E-state index contributed by atoms with van der Waals surface area (Å²) in [6.45, 7) is 4.28. The van der Waals surface area contributed by atoms with Crippen LogP contribution in [-0.4, -0.2) is 12.1 Å². The molecule has 0 unspecified atom stereocenters. The number of benzene rings is 2. The first-order valence-electron chi connectivity index (χ1n) is 7.26. The van der Waals surface area contributed by atoms with Gasteiger partial charge < -0.3 is 4.74 Å². The van der Waals surface area contributed by atoms with Crippen LogP contribution in [0.5, 0.6) is 5.75 Å². The Balaban J connectivity index is 2.13. The van der Waals surface area contributed by atoms with Gasteiger partial charge in [-0.3, -0.25) is 0 Å². The zero-order valence-corrected chi connectivity index (χ0v) is 12.7. The summed E-state index contributed by atoms with van der Waals surface area (Å²) in [5.74, 6) is 0.839. The lowest BCUT2D eigenvalue weighted by molar-refractivity contribution is 0.415. The van der Waals surface area contributed by atoms with Crippen LogP contribution in [-0.2, 0) is 6.42 Å². The summed E-state index contributed by atoms with van der Waals surface area (Å²) < 4.78 is 5.29. The third-order valence-electron chi connectivity index (χ3n) is 3.85. The Morgan fingerprint density at radius 2 is 1.76 bits per heavy atom. The number of methoxy groups -OCH3 is 1. The van der Waals surface area contributed by atoms with Crippen molar-refractivity contribution in [3.63, 3.8) is 0 Å². The van der Waals surface area contributed by atoms with Crippen LogP contribution < -0.4 is 4.74 Å². The average molecular weight is 277 g/mol. The Morgan fingerprint density at radius 1 is 1.00 bits per heavy atom. The van der Waals surface area contributed by atoms with Crippen molar-refractivity contribution < 1.29 is 4.74 Å². The fraction of sp³-hybridized carbons (Fsp3) is 0.211. The molecule has 3 aromatic rings. The van der Waals surface area contributed by atoms with E-state index < -0.39 is 0 Å². The molecule has 0 radical (unpaired) electrons. The van der Waals surface area contributed by atoms with Crippen LogP contribution in [0.25, 0.3) is 22.2 Å². The van der Waals surface area contributed by atoms with Gasteiger partial charge in [-0.1, -0.05) is 31.2 Å². The van der Waals surface area contributed by atoms with E-state index in [-0.39, 0.29) is 0 Å². The standard InChI is InChI=1S/C19H19NO/c1-4-14-5-7-15(8-6-14)19-13(2)11-16-9-10-17(21-3)12-18(16)20-19/h5-12H,4H2,1-3H3. The number of hydrogen-bond acceptors (Lipinski definition) is 2. The Bertz CT molecular complexity index is 775. The van der Waals surface area contributed by atoms with Crippen molar-refractivity contribution in [3.05, 3.63) is 59.7 Å². The maximum absolute atomic E-state index is 5.29. The first kappa shape index (κ1) is 13.6. The molecule has 0 atom stereocenters. The second-order valence-corrected chi connectivity index (χ2v) is 5.26. The van der Waals surface area contributed by atoms with Gasteiger partial charge in [-0.05, 0) is 42.7 Å². The predicted molar refractivity (Wildman–Crippen MR) is 87.8 cm³/mol. The minimum atomic E-state index is 0.839. The molecule has 1 heterocycles. The molecule has 2 nitrogen and oxygen atoms in total. The van der Waals surface area contributed by atoms with Crippen LogP contribution in [0.15, 0.2) is 48.5 Å². The smallest absolute Gasteiger partial charge is 0.121 e. The number of nitrogens with zero attached hydrogens (tertiary/aromatic N) is 1. The van der Waals surface area contributed by atoms with Gasteiger partial charge in [0.15, 0.2) is 0 Å². The van der Waals surface area contributed by atoms with Crippen LogP contribution in [0, 0.1) is 6.92 Å². The minimum Gasteiger partial charge on any atom is -0.497 e. The van der Waals surface area contributed by atoms with Crippen molar-refractivity contribution in [3.8, 4) is 17.0 Å². The number of hydrogen-bond donors (Lipinski definition) is 0. The Hall–Kier alpha value is -2.35. The predicted octanol–water partition coefficient (Wildman–Crippen LogP) is 4.78. The number of aryl methyl sites for hydroxylation is 2. The summed E-state index contributed by atoms with van der Waals surface area (Å²) in [4.78, 5) is 4.83. The largest absolute Gasteiger partial charge is 0.497 e. The topological polar surface area (TPSA) is 22.1 Å². The number of pyridine rings is 1. The highest BCUT2D eigenvalue weighted by Crippen LogP contribution is 2.27. The van der Waals surface area contributed by atoms with Crippen LogP contribution in [0.1, 0.15) is 18.1 Å². The molecule has 0 saturated carbocycles. The minimum absolute atomic E-state index is 0.839. The summed E-state index contributed by atoms with van der Waals surface area (Å²) in [7, 11) is 1.68. The molecule has 2 heteroatoms. The summed E-state index contributed by atoms with van der Waals surface area (Å²) in [5.41, 5.74) is 5.71. The molecule has 0 aliphatic heterocycles. The van der Waals surface area contributed by atoms with Gasteiger partial charge >= 0.3 is 0 Å². The van der Waals surface area contributed by atoms with Crippen molar-refractivity contribution >= 4 is 10.9 Å². The zero-order valence-electron chi connectivity index (χ0n) is 12.7. The van der Waals surface area contributed by atoms with Gasteiger partial charge in [0.25, 0.3) is 0 Å². The molecule has 0 amide bonds. The molecule has 0 aliphatic carbocycles. The van der Waals surface area contributed by atoms with Gasteiger partial charge in [-0.25, -0.2) is 4.98 Å². The van der Waals surface area contributed by atoms with E-state index in [1.165, 1.54) is 11.1 Å². The van der Waals surface area contributed by atoms with Crippen LogP contribution in [0.2, 0.25) is 0 Å². The van der Waals surface area contributed by atoms with Crippen molar-refractivity contribution in [2.45, 2.75) is 20.3 Å². The van der Waals surface area contributed by atoms with E-state index in [1.54, 1.807) is 7.11 Å². The van der Waals surface area contributed by atoms with Gasteiger partial charge in [0.05, 0.1) is 18.3 Å². The highest BCUT2D eigenvalue weighted by Gasteiger charge is 2.07. The van der Waals surface area contributed by atoms with Gasteiger partial charge in [-0.2, -0.15) is 0 Å². The molecule has 3 rings (SSSR count). The molecule has 0 fully saturated rings. The molecular weight excluding hydrogens is 258 g/mol. The van der Waals surface area contributed by atoms with E-state index in [9.17, 15) is 0 Å². The number of rotatable bonds is 3. The molecule has 0 spiro atoms. The lowest BCUT2D eigenvalue weighted by Gasteiger charge is -2.09. The average Bonchev–Trinajstić information content (AvgIpc) is 2.54. The van der Waals surface area contributed by atoms with Crippen molar-refractivity contribution in [2.24, 2.45) is 0 Å². The molecule has 21 heavy (non-hydrogen) atoms. The summed E-state index contributed by atoms with van der Waals surface area (Å²) in [5, 5.41) is 1.14. The molecule has 2 aromatic carbocycles. The van der Waals surface area contributed by atoms with Crippen LogP contribution in [0.3, 0.4) is 0 Å². The fourth-order valence-corrected chi connectivity index (χ4v) is 2.57. The van der Waals surface area contributed by atoms with E-state index in [1.807, 2.05) is 12.1 Å². The van der Waals surface area contributed by atoms with E-state index >= 15 is 0 Å². The van der Waals surface area contributed by atoms with Crippen molar-refractivity contribution in [1.82, 2.24) is 4.98 Å². The second kappa shape index (κ2) is 5.57. The molecular formula is C19H19NO. The quantitative estimate of drug-likeness (QED) is 0.687. The first-order chi connectivity index (χ1) is 10.2. The number of aromatic nitrogens is 1. The van der Waals surface area contributed by atoms with E-state index in [0.717, 1.165) is 34.3 Å². The highest BCUT2D eigenvalue weighted by molar-refractivity contribution is 5.84. The second-order valence-electron chi connectivity index (χ2n) is 5.26. The zero-order chi connectivity index (χ0) is 14.8. The molecule has 0 saturated heterocycles. The Kier molecular flexibility index (Phi) is 3.61. The molecule has 0 bridgehead atoms. The molecule has 1 aromatic heterocycles. The van der Waals surface area contributed by atoms with E-state index in [4.69, 9.17) is 9.72 Å². The first-order valence-corrected chi connectivity index (χ1v) is 7.26. The lowest BCUT2D eigenvalue weighted by Crippen LogP contribution is -1.92. The maximum atomic E-state index is 5.29. The van der Waals surface area contributed by atoms with E-state index in [0.29, 0.717) is 0 Å². The highest BCUT2D eigenvalue weighted by atomic mass is 16.5. The van der Waals surface area contributed by atoms with Gasteiger partial charge in [0, 0.05) is 17.0 Å². The fourth-order valence-electron chi connectivity index (χ4n) is 2.57. The molecule has 0 N–H and O–H groups in total. The number of fused-ring (bicyclic) bond motifs is 1.